The molecule has 0 bridgehead atoms. The minimum absolute atomic E-state index is 0.0336. The SMILES string of the molecule is COc1cccc(CC(=O)Nc2ccccc2Cc2ccccc2)c1. The fraction of sp³-hybridized carbons (Fsp3) is 0.136. The van der Waals surface area contributed by atoms with Crippen LogP contribution in [0.5, 0.6) is 5.75 Å². The number of para-hydroxylation sites is 1. The lowest BCUT2D eigenvalue weighted by atomic mass is 10.0. The van der Waals surface area contributed by atoms with Crippen LogP contribution in [-0.2, 0) is 17.6 Å². The first-order chi connectivity index (χ1) is 12.2. The third kappa shape index (κ3) is 4.70. The van der Waals surface area contributed by atoms with E-state index in [1.165, 1.54) is 5.56 Å². The van der Waals surface area contributed by atoms with Crippen LogP contribution in [-0.4, -0.2) is 13.0 Å². The van der Waals surface area contributed by atoms with Crippen molar-refractivity contribution in [2.45, 2.75) is 12.8 Å². The third-order valence-corrected chi connectivity index (χ3v) is 4.03. The summed E-state index contributed by atoms with van der Waals surface area (Å²) in [6.07, 6.45) is 1.10. The number of hydrogen-bond donors (Lipinski definition) is 1. The van der Waals surface area contributed by atoms with Gasteiger partial charge in [-0.2, -0.15) is 0 Å². The molecule has 0 fully saturated rings. The minimum Gasteiger partial charge on any atom is -0.497 e. The van der Waals surface area contributed by atoms with Gasteiger partial charge in [-0.1, -0.05) is 60.7 Å². The van der Waals surface area contributed by atoms with E-state index in [1.54, 1.807) is 7.11 Å². The van der Waals surface area contributed by atoms with E-state index in [9.17, 15) is 4.79 Å². The number of ether oxygens (including phenoxy) is 1. The van der Waals surface area contributed by atoms with E-state index < -0.39 is 0 Å². The van der Waals surface area contributed by atoms with Crippen molar-refractivity contribution in [2.24, 2.45) is 0 Å². The summed E-state index contributed by atoms with van der Waals surface area (Å²) in [5.41, 5.74) is 4.11. The van der Waals surface area contributed by atoms with Crippen LogP contribution in [0.15, 0.2) is 78.9 Å². The number of rotatable bonds is 6. The first-order valence-corrected chi connectivity index (χ1v) is 8.29. The van der Waals surface area contributed by atoms with Crippen LogP contribution >= 0.6 is 0 Å². The van der Waals surface area contributed by atoms with Gasteiger partial charge in [0.25, 0.3) is 0 Å². The summed E-state index contributed by atoms with van der Waals surface area (Å²) in [5, 5.41) is 3.04. The Labute approximate surface area is 148 Å². The maximum atomic E-state index is 12.4. The fourth-order valence-corrected chi connectivity index (χ4v) is 2.77. The fourth-order valence-electron chi connectivity index (χ4n) is 2.77. The summed E-state index contributed by atoms with van der Waals surface area (Å²) < 4.78 is 5.21. The van der Waals surface area contributed by atoms with Crippen molar-refractivity contribution in [1.82, 2.24) is 0 Å². The normalized spacial score (nSPS) is 10.3. The van der Waals surface area contributed by atoms with E-state index >= 15 is 0 Å². The summed E-state index contributed by atoms with van der Waals surface area (Å²) in [6, 6.07) is 25.8. The van der Waals surface area contributed by atoms with Crippen LogP contribution in [0.25, 0.3) is 0 Å². The summed E-state index contributed by atoms with van der Waals surface area (Å²) in [4.78, 5) is 12.4. The molecular formula is C22H21NO2. The Bertz CT molecular complexity index is 843. The molecule has 3 nitrogen and oxygen atoms in total. The van der Waals surface area contributed by atoms with E-state index in [-0.39, 0.29) is 5.91 Å². The van der Waals surface area contributed by atoms with E-state index in [0.29, 0.717) is 6.42 Å². The number of carbonyl (C=O) groups is 1. The highest BCUT2D eigenvalue weighted by atomic mass is 16.5. The Morgan fingerprint density at radius 2 is 1.60 bits per heavy atom. The zero-order valence-corrected chi connectivity index (χ0v) is 14.2. The lowest BCUT2D eigenvalue weighted by molar-refractivity contribution is -0.115. The predicted molar refractivity (Wildman–Crippen MR) is 101 cm³/mol. The van der Waals surface area contributed by atoms with Crippen LogP contribution in [0, 0.1) is 0 Å². The standard InChI is InChI=1S/C22H21NO2/c1-25-20-12-7-10-18(15-20)16-22(24)23-21-13-6-5-11-19(21)14-17-8-3-2-4-9-17/h2-13,15H,14,16H2,1H3,(H,23,24). The second-order valence-electron chi connectivity index (χ2n) is 5.90. The second-order valence-corrected chi connectivity index (χ2v) is 5.90. The zero-order chi connectivity index (χ0) is 17.5. The molecule has 1 N–H and O–H groups in total. The molecule has 0 aliphatic rings. The van der Waals surface area contributed by atoms with Crippen LogP contribution in [0.3, 0.4) is 0 Å². The Hall–Kier alpha value is -3.07. The number of amides is 1. The van der Waals surface area contributed by atoms with Gasteiger partial charge >= 0.3 is 0 Å². The molecule has 0 saturated heterocycles. The molecule has 0 spiro atoms. The van der Waals surface area contributed by atoms with Crippen molar-refractivity contribution < 1.29 is 9.53 Å². The van der Waals surface area contributed by atoms with Gasteiger partial charge in [0, 0.05) is 5.69 Å². The van der Waals surface area contributed by atoms with Gasteiger partial charge < -0.3 is 10.1 Å². The van der Waals surface area contributed by atoms with Gasteiger partial charge in [0.15, 0.2) is 0 Å². The molecule has 0 atom stereocenters. The molecule has 0 radical (unpaired) electrons. The molecule has 0 aliphatic heterocycles. The van der Waals surface area contributed by atoms with Crippen molar-refractivity contribution in [2.75, 3.05) is 12.4 Å². The number of carbonyl (C=O) groups excluding carboxylic acids is 1. The zero-order valence-electron chi connectivity index (χ0n) is 14.2. The lowest BCUT2D eigenvalue weighted by Gasteiger charge is -2.12. The average Bonchev–Trinajstić information content (AvgIpc) is 2.64. The summed E-state index contributed by atoms with van der Waals surface area (Å²) in [5.74, 6) is 0.726. The van der Waals surface area contributed by atoms with Crippen LogP contribution in [0.4, 0.5) is 5.69 Å². The smallest absolute Gasteiger partial charge is 0.228 e. The second kappa shape index (κ2) is 8.15. The van der Waals surface area contributed by atoms with Crippen molar-refractivity contribution in [3.8, 4) is 5.75 Å². The summed E-state index contributed by atoms with van der Waals surface area (Å²) in [6.45, 7) is 0. The van der Waals surface area contributed by atoms with E-state index in [1.807, 2.05) is 66.7 Å². The highest BCUT2D eigenvalue weighted by molar-refractivity contribution is 5.93. The monoisotopic (exact) mass is 331 g/mol. The molecule has 3 aromatic rings. The largest absolute Gasteiger partial charge is 0.497 e. The predicted octanol–water partition coefficient (Wildman–Crippen LogP) is 4.47. The highest BCUT2D eigenvalue weighted by Gasteiger charge is 2.08. The quantitative estimate of drug-likeness (QED) is 0.724. The number of anilines is 1. The van der Waals surface area contributed by atoms with Gasteiger partial charge in [-0.25, -0.2) is 0 Å². The van der Waals surface area contributed by atoms with E-state index in [4.69, 9.17) is 4.74 Å². The van der Waals surface area contributed by atoms with Crippen LogP contribution in [0.2, 0.25) is 0 Å². The third-order valence-electron chi connectivity index (χ3n) is 4.03. The maximum absolute atomic E-state index is 12.4. The van der Waals surface area contributed by atoms with Gasteiger partial charge in [0.05, 0.1) is 13.5 Å². The van der Waals surface area contributed by atoms with E-state index in [2.05, 4.69) is 17.4 Å². The van der Waals surface area contributed by atoms with E-state index in [0.717, 1.165) is 29.0 Å². The van der Waals surface area contributed by atoms with Crippen molar-refractivity contribution in [3.05, 3.63) is 95.6 Å². The van der Waals surface area contributed by atoms with Crippen LogP contribution in [0.1, 0.15) is 16.7 Å². The molecule has 0 aromatic heterocycles. The molecule has 126 valence electrons. The van der Waals surface area contributed by atoms with Gasteiger partial charge in [-0.3, -0.25) is 4.79 Å². The Morgan fingerprint density at radius 3 is 2.40 bits per heavy atom. The molecule has 0 saturated carbocycles. The maximum Gasteiger partial charge on any atom is 0.228 e. The molecule has 25 heavy (non-hydrogen) atoms. The lowest BCUT2D eigenvalue weighted by Crippen LogP contribution is -2.15. The Kier molecular flexibility index (Phi) is 5.47. The van der Waals surface area contributed by atoms with Gasteiger partial charge in [-0.15, -0.1) is 0 Å². The van der Waals surface area contributed by atoms with Crippen molar-refractivity contribution in [3.63, 3.8) is 0 Å². The summed E-state index contributed by atoms with van der Waals surface area (Å²) >= 11 is 0. The topological polar surface area (TPSA) is 38.3 Å². The Morgan fingerprint density at radius 1 is 0.880 bits per heavy atom. The molecule has 3 heteroatoms. The first-order valence-electron chi connectivity index (χ1n) is 8.29. The molecule has 0 heterocycles. The molecule has 3 rings (SSSR count). The van der Waals surface area contributed by atoms with Crippen molar-refractivity contribution in [1.29, 1.82) is 0 Å². The number of benzene rings is 3. The minimum atomic E-state index is -0.0336. The highest BCUT2D eigenvalue weighted by Crippen LogP contribution is 2.20. The molecular weight excluding hydrogens is 310 g/mol. The summed E-state index contributed by atoms with van der Waals surface area (Å²) in [7, 11) is 1.62. The average molecular weight is 331 g/mol. The van der Waals surface area contributed by atoms with Gasteiger partial charge in [0.1, 0.15) is 5.75 Å². The number of methoxy groups -OCH3 is 1. The van der Waals surface area contributed by atoms with Gasteiger partial charge in [0.2, 0.25) is 5.91 Å². The van der Waals surface area contributed by atoms with Crippen molar-refractivity contribution >= 4 is 11.6 Å². The van der Waals surface area contributed by atoms with Gasteiger partial charge in [-0.05, 0) is 41.3 Å². The number of nitrogens with one attached hydrogen (secondary N) is 1. The van der Waals surface area contributed by atoms with Crippen LogP contribution < -0.4 is 10.1 Å². The Balaban J connectivity index is 1.71. The molecule has 3 aromatic carbocycles. The first kappa shape index (κ1) is 16.8. The molecule has 0 aliphatic carbocycles. The number of hydrogen-bond acceptors (Lipinski definition) is 2. The molecule has 0 unspecified atom stereocenters. The molecule has 1 amide bonds.